The van der Waals surface area contributed by atoms with Crippen LogP contribution in [0.3, 0.4) is 0 Å². The molecule has 5 nitrogen and oxygen atoms in total. The summed E-state index contributed by atoms with van der Waals surface area (Å²) in [6, 6.07) is 6.70. The molecule has 2 heterocycles. The van der Waals surface area contributed by atoms with E-state index >= 15 is 0 Å². The van der Waals surface area contributed by atoms with E-state index in [4.69, 9.17) is 0 Å². The number of aryl methyl sites for hydroxylation is 1. The molecule has 3 rings (SSSR count). The van der Waals surface area contributed by atoms with Gasteiger partial charge in [0.25, 0.3) is 5.56 Å². The van der Waals surface area contributed by atoms with E-state index in [1.54, 1.807) is 13.1 Å². The molecule has 0 amide bonds. The van der Waals surface area contributed by atoms with Gasteiger partial charge in [-0.05, 0) is 32.0 Å². The first-order chi connectivity index (χ1) is 10.9. The van der Waals surface area contributed by atoms with E-state index in [9.17, 15) is 14.4 Å². The Morgan fingerprint density at radius 3 is 2.83 bits per heavy atom. The monoisotopic (exact) mass is 314 g/mol. The summed E-state index contributed by atoms with van der Waals surface area (Å²) in [5, 5.41) is 13.5. The van der Waals surface area contributed by atoms with Gasteiger partial charge in [0.05, 0.1) is 11.2 Å². The van der Waals surface area contributed by atoms with Crippen molar-refractivity contribution in [3.63, 3.8) is 0 Å². The molecule has 1 N–H and O–H groups in total. The van der Waals surface area contributed by atoms with Crippen molar-refractivity contribution in [1.82, 2.24) is 9.88 Å². The van der Waals surface area contributed by atoms with Gasteiger partial charge in [0.1, 0.15) is 17.4 Å². The van der Waals surface area contributed by atoms with Crippen LogP contribution >= 0.6 is 0 Å². The zero-order valence-electron chi connectivity index (χ0n) is 13.4. The van der Waals surface area contributed by atoms with Crippen molar-refractivity contribution in [3.05, 3.63) is 39.9 Å². The lowest BCUT2D eigenvalue weighted by molar-refractivity contribution is 0.425. The smallest absolute Gasteiger partial charge is 0.270 e. The summed E-state index contributed by atoms with van der Waals surface area (Å²) in [6.45, 7) is 5.49. The third-order valence-corrected chi connectivity index (χ3v) is 4.49. The van der Waals surface area contributed by atoms with Crippen molar-refractivity contribution < 1.29 is 4.39 Å². The lowest BCUT2D eigenvalue weighted by atomic mass is 10.0. The molecule has 0 saturated carbocycles. The highest BCUT2D eigenvalue weighted by molar-refractivity contribution is 5.95. The Balaban J connectivity index is 2.38. The Kier molecular flexibility index (Phi) is 3.82. The van der Waals surface area contributed by atoms with Crippen molar-refractivity contribution in [2.45, 2.75) is 25.9 Å². The Morgan fingerprint density at radius 2 is 2.13 bits per heavy atom. The molecule has 23 heavy (non-hydrogen) atoms. The van der Waals surface area contributed by atoms with E-state index in [-0.39, 0.29) is 29.0 Å². The molecule has 1 aliphatic rings. The van der Waals surface area contributed by atoms with Crippen LogP contribution in [0.15, 0.2) is 23.0 Å². The van der Waals surface area contributed by atoms with E-state index < -0.39 is 0 Å². The molecule has 0 spiro atoms. The fraction of sp³-hybridized carbons (Fsp3) is 0.412. The number of halogens is 1. The van der Waals surface area contributed by atoms with Crippen LogP contribution in [-0.4, -0.2) is 29.7 Å². The molecule has 6 heteroatoms. The molecule has 1 saturated heterocycles. The third kappa shape index (κ3) is 2.47. The second kappa shape index (κ2) is 5.67. The van der Waals surface area contributed by atoms with Gasteiger partial charge in [-0.3, -0.25) is 4.79 Å². The second-order valence-corrected chi connectivity index (χ2v) is 6.17. The van der Waals surface area contributed by atoms with Gasteiger partial charge in [0.2, 0.25) is 0 Å². The molecule has 2 aromatic rings. The van der Waals surface area contributed by atoms with E-state index in [0.717, 1.165) is 6.54 Å². The maximum absolute atomic E-state index is 13.8. The predicted molar refractivity (Wildman–Crippen MR) is 88.1 cm³/mol. The molecule has 1 aliphatic heterocycles. The van der Waals surface area contributed by atoms with Crippen molar-refractivity contribution in [2.24, 2.45) is 7.05 Å². The number of nitrogens with one attached hydrogen (secondary N) is 1. The summed E-state index contributed by atoms with van der Waals surface area (Å²) >= 11 is 0. The van der Waals surface area contributed by atoms with Crippen molar-refractivity contribution in [2.75, 3.05) is 18.0 Å². The SMILES string of the molecule is C[C@@H]1CN(c2c(C#N)c(=O)n(C)c3ccc(F)cc23)[C@@H](C)CN1. The second-order valence-electron chi connectivity index (χ2n) is 6.17. The van der Waals surface area contributed by atoms with Crippen molar-refractivity contribution >= 4 is 16.6 Å². The molecule has 120 valence electrons. The van der Waals surface area contributed by atoms with Crippen LogP contribution < -0.4 is 15.8 Å². The highest BCUT2D eigenvalue weighted by atomic mass is 19.1. The number of hydrogen-bond donors (Lipinski definition) is 1. The minimum atomic E-state index is -0.378. The fourth-order valence-corrected chi connectivity index (χ4v) is 3.24. The Morgan fingerprint density at radius 1 is 1.39 bits per heavy atom. The first kappa shape index (κ1) is 15.5. The molecule has 0 radical (unpaired) electrons. The third-order valence-electron chi connectivity index (χ3n) is 4.49. The molecule has 2 atom stereocenters. The van der Waals surface area contributed by atoms with Crippen LogP contribution in [0.25, 0.3) is 10.9 Å². The standard InChI is InChI=1S/C17H19FN4O/c1-10-9-22(11(2)8-20-10)16-13-6-12(18)4-5-15(13)21(3)17(23)14(16)7-19/h4-6,10-11,20H,8-9H2,1-3H3/t10-,11+/m1/s1. The maximum atomic E-state index is 13.8. The topological polar surface area (TPSA) is 61.1 Å². The number of piperazine rings is 1. The molecule has 0 aliphatic carbocycles. The number of aromatic nitrogens is 1. The summed E-state index contributed by atoms with van der Waals surface area (Å²) in [5.41, 5.74) is 0.904. The van der Waals surface area contributed by atoms with Crippen LogP contribution in [0.1, 0.15) is 19.4 Å². The normalized spacial score (nSPS) is 21.4. The molecule has 0 bridgehead atoms. The van der Waals surface area contributed by atoms with Crippen LogP contribution in [0, 0.1) is 17.1 Å². The van der Waals surface area contributed by atoms with E-state index in [1.807, 2.05) is 17.9 Å². The minimum Gasteiger partial charge on any atom is -0.364 e. The summed E-state index contributed by atoms with van der Waals surface area (Å²) in [5.74, 6) is -0.378. The highest BCUT2D eigenvalue weighted by Crippen LogP contribution is 2.31. The number of nitriles is 1. The Labute approximate surface area is 133 Å². The number of pyridine rings is 1. The van der Waals surface area contributed by atoms with E-state index in [2.05, 4.69) is 12.2 Å². The van der Waals surface area contributed by atoms with Gasteiger partial charge < -0.3 is 14.8 Å². The Hall–Kier alpha value is -2.39. The largest absolute Gasteiger partial charge is 0.364 e. The molecule has 1 aromatic carbocycles. The fourth-order valence-electron chi connectivity index (χ4n) is 3.24. The summed E-state index contributed by atoms with van der Waals surface area (Å²) < 4.78 is 15.2. The molecule has 1 aromatic heterocycles. The van der Waals surface area contributed by atoms with Gasteiger partial charge in [-0.15, -0.1) is 0 Å². The molecular weight excluding hydrogens is 295 g/mol. The van der Waals surface area contributed by atoms with E-state index in [1.165, 1.54) is 16.7 Å². The number of hydrogen-bond acceptors (Lipinski definition) is 4. The van der Waals surface area contributed by atoms with Crippen LogP contribution in [0.5, 0.6) is 0 Å². The summed E-state index contributed by atoms with van der Waals surface area (Å²) in [6.07, 6.45) is 0. The van der Waals surface area contributed by atoms with Gasteiger partial charge in [-0.2, -0.15) is 5.26 Å². The average molecular weight is 314 g/mol. The highest BCUT2D eigenvalue weighted by Gasteiger charge is 2.28. The molecule has 1 fully saturated rings. The minimum absolute atomic E-state index is 0.0755. The first-order valence-corrected chi connectivity index (χ1v) is 7.66. The maximum Gasteiger partial charge on any atom is 0.270 e. The van der Waals surface area contributed by atoms with Gasteiger partial charge in [0.15, 0.2) is 0 Å². The first-order valence-electron chi connectivity index (χ1n) is 7.66. The van der Waals surface area contributed by atoms with Gasteiger partial charge >= 0.3 is 0 Å². The lowest BCUT2D eigenvalue weighted by Crippen LogP contribution is -2.55. The van der Waals surface area contributed by atoms with Crippen molar-refractivity contribution in [1.29, 1.82) is 5.26 Å². The van der Waals surface area contributed by atoms with Crippen molar-refractivity contribution in [3.8, 4) is 6.07 Å². The van der Waals surface area contributed by atoms with Gasteiger partial charge in [-0.1, -0.05) is 0 Å². The molecule has 0 unspecified atom stereocenters. The molecular formula is C17H19FN4O. The van der Waals surface area contributed by atoms with E-state index in [0.29, 0.717) is 23.1 Å². The van der Waals surface area contributed by atoms with Crippen LogP contribution in [0.2, 0.25) is 0 Å². The quantitative estimate of drug-likeness (QED) is 0.871. The van der Waals surface area contributed by atoms with Gasteiger partial charge in [-0.25, -0.2) is 4.39 Å². The summed E-state index contributed by atoms with van der Waals surface area (Å²) in [7, 11) is 1.61. The Bertz CT molecular complexity index is 867. The van der Waals surface area contributed by atoms with Gasteiger partial charge in [0, 0.05) is 37.6 Å². The van der Waals surface area contributed by atoms with Crippen LogP contribution in [-0.2, 0) is 7.05 Å². The number of nitrogens with zero attached hydrogens (tertiary/aromatic N) is 3. The zero-order chi connectivity index (χ0) is 16.7. The number of fused-ring (bicyclic) bond motifs is 1. The average Bonchev–Trinajstić information content (AvgIpc) is 2.53. The van der Waals surface area contributed by atoms with Crippen LogP contribution in [0.4, 0.5) is 10.1 Å². The number of anilines is 1. The summed E-state index contributed by atoms with van der Waals surface area (Å²) in [4.78, 5) is 14.6. The zero-order valence-corrected chi connectivity index (χ0v) is 13.4. The predicted octanol–water partition coefficient (Wildman–Crippen LogP) is 1.74. The number of benzene rings is 1. The lowest BCUT2D eigenvalue weighted by Gasteiger charge is -2.40. The number of rotatable bonds is 1.